The fourth-order valence-electron chi connectivity index (χ4n) is 2.21. The normalized spacial score (nSPS) is 40.9. The fourth-order valence-corrected chi connectivity index (χ4v) is 3.45. The summed E-state index contributed by atoms with van der Waals surface area (Å²) in [7, 11) is 1.71. The molecular formula is C11H18N2O4S. The van der Waals surface area contributed by atoms with E-state index in [1.807, 2.05) is 0 Å². The van der Waals surface area contributed by atoms with Crippen molar-refractivity contribution in [3.63, 3.8) is 0 Å². The van der Waals surface area contributed by atoms with Crippen molar-refractivity contribution in [1.82, 2.24) is 5.32 Å². The standard InChI is InChI=1S/C11H18N2O4S/c1-3-4-7(15)11-9(13-10(12-2)18-11)8(16)6(14)5-17-11/h3,6-9,14-16H,1,4-5H2,2H3,(H,12,13)/t6?,7-,8?,9?,11?/m1/s1. The lowest BCUT2D eigenvalue weighted by molar-refractivity contribution is -0.175. The smallest absolute Gasteiger partial charge is 0.172 e. The van der Waals surface area contributed by atoms with E-state index >= 15 is 0 Å². The summed E-state index contributed by atoms with van der Waals surface area (Å²) < 4.78 is 5.62. The van der Waals surface area contributed by atoms with E-state index in [0.717, 1.165) is 0 Å². The van der Waals surface area contributed by atoms with Crippen LogP contribution >= 0.6 is 11.8 Å². The van der Waals surface area contributed by atoms with Gasteiger partial charge >= 0.3 is 0 Å². The second-order valence-corrected chi connectivity index (χ2v) is 5.59. The Kier molecular flexibility index (Phi) is 3.98. The zero-order chi connectivity index (χ0) is 13.3. The van der Waals surface area contributed by atoms with Gasteiger partial charge < -0.3 is 25.4 Å². The van der Waals surface area contributed by atoms with Crippen LogP contribution in [0.3, 0.4) is 0 Å². The molecule has 6 nitrogen and oxygen atoms in total. The Labute approximate surface area is 110 Å². The molecule has 2 aliphatic rings. The summed E-state index contributed by atoms with van der Waals surface area (Å²) in [6, 6.07) is -0.691. The maximum atomic E-state index is 10.2. The highest BCUT2D eigenvalue weighted by Gasteiger charge is 2.58. The average molecular weight is 274 g/mol. The summed E-state index contributed by atoms with van der Waals surface area (Å²) in [5.41, 5.74) is 0. The van der Waals surface area contributed by atoms with Crippen molar-refractivity contribution < 1.29 is 20.1 Å². The van der Waals surface area contributed by atoms with Gasteiger partial charge in [0, 0.05) is 7.05 Å². The van der Waals surface area contributed by atoms with E-state index in [-0.39, 0.29) is 6.61 Å². The Bertz CT molecular complexity index is 365. The van der Waals surface area contributed by atoms with E-state index in [2.05, 4.69) is 16.9 Å². The Morgan fingerprint density at radius 2 is 2.44 bits per heavy atom. The molecule has 0 aromatic carbocycles. The largest absolute Gasteiger partial charge is 0.389 e. The number of amidine groups is 1. The third kappa shape index (κ3) is 2.06. The molecule has 0 radical (unpaired) electrons. The van der Waals surface area contributed by atoms with Gasteiger partial charge in [-0.2, -0.15) is 0 Å². The molecule has 0 aliphatic carbocycles. The number of aliphatic hydroxyl groups excluding tert-OH is 3. The Hall–Kier alpha value is -0.600. The number of ether oxygens (including phenoxy) is 1. The molecule has 2 rings (SSSR count). The van der Waals surface area contributed by atoms with E-state index in [1.165, 1.54) is 11.8 Å². The minimum Gasteiger partial charge on any atom is -0.389 e. The first kappa shape index (κ1) is 13.8. The molecule has 2 aliphatic heterocycles. The van der Waals surface area contributed by atoms with Crippen molar-refractivity contribution in [1.29, 1.82) is 0 Å². The minimum absolute atomic E-state index is 0.0224. The monoisotopic (exact) mass is 274 g/mol. The fraction of sp³-hybridized carbons (Fsp3) is 0.727. The van der Waals surface area contributed by atoms with Crippen LogP contribution in [0.4, 0.5) is 0 Å². The third-order valence-electron chi connectivity index (χ3n) is 3.19. The van der Waals surface area contributed by atoms with Gasteiger partial charge in [-0.05, 0) is 18.2 Å². The second kappa shape index (κ2) is 5.18. The van der Waals surface area contributed by atoms with Gasteiger partial charge in [-0.3, -0.25) is 4.99 Å². The van der Waals surface area contributed by atoms with Crippen LogP contribution in [0.25, 0.3) is 0 Å². The average Bonchev–Trinajstić information content (AvgIpc) is 2.75. The predicted molar refractivity (Wildman–Crippen MR) is 69.4 cm³/mol. The van der Waals surface area contributed by atoms with Crippen LogP contribution in [-0.4, -0.2) is 63.4 Å². The van der Waals surface area contributed by atoms with Gasteiger partial charge in [0.25, 0.3) is 0 Å². The van der Waals surface area contributed by atoms with Crippen LogP contribution in [0.2, 0.25) is 0 Å². The molecule has 0 spiro atoms. The molecular weight excluding hydrogens is 256 g/mol. The van der Waals surface area contributed by atoms with Crippen molar-refractivity contribution in [3.8, 4) is 0 Å². The van der Waals surface area contributed by atoms with Crippen molar-refractivity contribution in [2.75, 3.05) is 13.7 Å². The molecule has 1 saturated heterocycles. The number of rotatable bonds is 3. The topological polar surface area (TPSA) is 94.3 Å². The number of aliphatic imine (C=N–C) groups is 1. The SMILES string of the molecule is C=CC[C@@H](O)C12OCC(O)C(O)C1N=C(NC)S2. The molecule has 7 heteroatoms. The molecule has 4 unspecified atom stereocenters. The summed E-state index contributed by atoms with van der Waals surface area (Å²) in [5.74, 6) is 0. The quantitative estimate of drug-likeness (QED) is 0.496. The number of hydrogen-bond acceptors (Lipinski definition) is 7. The van der Waals surface area contributed by atoms with Gasteiger partial charge in [-0.1, -0.05) is 6.08 Å². The Morgan fingerprint density at radius 1 is 1.72 bits per heavy atom. The van der Waals surface area contributed by atoms with E-state index < -0.39 is 29.3 Å². The second-order valence-electron chi connectivity index (χ2n) is 4.36. The number of nitrogens with one attached hydrogen (secondary N) is 1. The minimum atomic E-state index is -1.05. The number of thioether (sulfide) groups is 1. The van der Waals surface area contributed by atoms with Crippen LogP contribution in [0.5, 0.6) is 0 Å². The number of nitrogens with zero attached hydrogens (tertiary/aromatic N) is 1. The number of fused-ring (bicyclic) bond motifs is 1. The lowest BCUT2D eigenvalue weighted by Gasteiger charge is -2.44. The molecule has 4 N–H and O–H groups in total. The van der Waals surface area contributed by atoms with E-state index in [0.29, 0.717) is 11.6 Å². The van der Waals surface area contributed by atoms with Crippen molar-refractivity contribution in [2.24, 2.45) is 4.99 Å². The van der Waals surface area contributed by atoms with Crippen molar-refractivity contribution in [2.45, 2.75) is 35.7 Å². The Morgan fingerprint density at radius 3 is 3.06 bits per heavy atom. The molecule has 18 heavy (non-hydrogen) atoms. The predicted octanol–water partition coefficient (Wildman–Crippen LogP) is -0.938. The van der Waals surface area contributed by atoms with Gasteiger partial charge in [0.05, 0.1) is 12.7 Å². The van der Waals surface area contributed by atoms with Crippen LogP contribution in [0.15, 0.2) is 17.6 Å². The zero-order valence-electron chi connectivity index (χ0n) is 10.1. The van der Waals surface area contributed by atoms with Crippen LogP contribution < -0.4 is 5.32 Å². The summed E-state index contributed by atoms with van der Waals surface area (Å²) in [5, 5.41) is 33.4. The van der Waals surface area contributed by atoms with E-state index in [4.69, 9.17) is 4.74 Å². The van der Waals surface area contributed by atoms with Crippen LogP contribution in [0, 0.1) is 0 Å². The molecule has 102 valence electrons. The van der Waals surface area contributed by atoms with Crippen LogP contribution in [-0.2, 0) is 4.74 Å². The molecule has 0 aromatic heterocycles. The summed E-state index contributed by atoms with van der Waals surface area (Å²) in [4.78, 5) is 3.22. The van der Waals surface area contributed by atoms with Gasteiger partial charge in [-0.25, -0.2) is 0 Å². The maximum Gasteiger partial charge on any atom is 0.172 e. The molecule has 5 atom stereocenters. The van der Waals surface area contributed by atoms with Gasteiger partial charge in [0.15, 0.2) is 10.1 Å². The van der Waals surface area contributed by atoms with E-state index in [1.54, 1.807) is 13.1 Å². The molecule has 0 amide bonds. The first-order valence-electron chi connectivity index (χ1n) is 5.78. The third-order valence-corrected chi connectivity index (χ3v) is 4.64. The highest BCUT2D eigenvalue weighted by molar-refractivity contribution is 8.15. The lowest BCUT2D eigenvalue weighted by atomic mass is 9.92. The summed E-state index contributed by atoms with van der Waals surface area (Å²) in [6.07, 6.45) is -0.952. The summed E-state index contributed by atoms with van der Waals surface area (Å²) >= 11 is 1.24. The highest BCUT2D eigenvalue weighted by atomic mass is 32.2. The first-order valence-corrected chi connectivity index (χ1v) is 6.60. The first-order chi connectivity index (χ1) is 8.55. The number of aliphatic hydroxyl groups is 3. The van der Waals surface area contributed by atoms with E-state index in [9.17, 15) is 15.3 Å². The van der Waals surface area contributed by atoms with Gasteiger partial charge in [-0.15, -0.1) is 6.58 Å². The molecule has 1 fully saturated rings. The lowest BCUT2D eigenvalue weighted by Crippen LogP contribution is -2.61. The highest BCUT2D eigenvalue weighted by Crippen LogP contribution is 2.46. The van der Waals surface area contributed by atoms with Crippen molar-refractivity contribution in [3.05, 3.63) is 12.7 Å². The van der Waals surface area contributed by atoms with Gasteiger partial charge in [0.2, 0.25) is 0 Å². The molecule has 2 heterocycles. The van der Waals surface area contributed by atoms with Crippen LogP contribution in [0.1, 0.15) is 6.42 Å². The molecule has 0 bridgehead atoms. The molecule has 0 saturated carbocycles. The Balaban J connectivity index is 2.29. The van der Waals surface area contributed by atoms with Gasteiger partial charge in [0.1, 0.15) is 18.2 Å². The summed E-state index contributed by atoms with van der Waals surface area (Å²) in [6.45, 7) is 3.57. The maximum absolute atomic E-state index is 10.2. The number of hydrogen-bond donors (Lipinski definition) is 4. The molecule has 0 aromatic rings. The van der Waals surface area contributed by atoms with Crippen molar-refractivity contribution >= 4 is 16.9 Å². The zero-order valence-corrected chi connectivity index (χ0v) is 10.9.